The van der Waals surface area contributed by atoms with Gasteiger partial charge in [0, 0.05) is 0 Å². The number of benzene rings is 2. The number of hydrogen-bond acceptors (Lipinski definition) is 2. The Bertz CT molecular complexity index is 591. The highest BCUT2D eigenvalue weighted by Crippen LogP contribution is 2.27. The van der Waals surface area contributed by atoms with Crippen molar-refractivity contribution in [1.82, 2.24) is 0 Å². The summed E-state index contributed by atoms with van der Waals surface area (Å²) < 4.78 is 19.2. The lowest BCUT2D eigenvalue weighted by Crippen LogP contribution is -2.22. The van der Waals surface area contributed by atoms with Crippen LogP contribution in [-0.4, -0.2) is 6.29 Å². The van der Waals surface area contributed by atoms with Crippen LogP contribution in [0.3, 0.4) is 0 Å². The second-order valence-corrected chi connectivity index (χ2v) is 5.14. The van der Waals surface area contributed by atoms with Crippen molar-refractivity contribution in [2.24, 2.45) is 0 Å². The average molecular weight is 272 g/mol. The molecule has 0 aromatic heterocycles. The maximum atomic E-state index is 13.3. The Balaban J connectivity index is 2.15. The van der Waals surface area contributed by atoms with Crippen LogP contribution in [0.15, 0.2) is 48.5 Å². The van der Waals surface area contributed by atoms with Gasteiger partial charge in [-0.1, -0.05) is 36.4 Å². The van der Waals surface area contributed by atoms with Crippen molar-refractivity contribution >= 4 is 6.29 Å². The van der Waals surface area contributed by atoms with Crippen LogP contribution in [-0.2, 0) is 16.9 Å². The summed E-state index contributed by atoms with van der Waals surface area (Å²) in [5, 5.41) is 0. The monoisotopic (exact) mass is 272 g/mol. The van der Waals surface area contributed by atoms with Gasteiger partial charge >= 0.3 is 0 Å². The van der Waals surface area contributed by atoms with Crippen LogP contribution in [0.5, 0.6) is 0 Å². The predicted octanol–water partition coefficient (Wildman–Crippen LogP) is 4.09. The van der Waals surface area contributed by atoms with E-state index in [1.54, 1.807) is 6.07 Å². The van der Waals surface area contributed by atoms with Gasteiger partial charge < -0.3 is 4.74 Å². The molecule has 0 radical (unpaired) electrons. The molecule has 2 rings (SSSR count). The topological polar surface area (TPSA) is 26.3 Å². The Morgan fingerprint density at radius 3 is 2.50 bits per heavy atom. The van der Waals surface area contributed by atoms with Gasteiger partial charge in [-0.3, -0.25) is 4.79 Å². The van der Waals surface area contributed by atoms with Crippen molar-refractivity contribution in [3.05, 3.63) is 71.0 Å². The molecular weight excluding hydrogens is 255 g/mol. The van der Waals surface area contributed by atoms with E-state index < -0.39 is 11.4 Å². The molecule has 20 heavy (non-hydrogen) atoms. The quantitative estimate of drug-likeness (QED) is 0.766. The summed E-state index contributed by atoms with van der Waals surface area (Å²) in [5.41, 5.74) is 1.30. The lowest BCUT2D eigenvalue weighted by atomic mass is 9.96. The summed E-state index contributed by atoms with van der Waals surface area (Å²) in [7, 11) is 0. The third-order valence-electron chi connectivity index (χ3n) is 3.26. The third-order valence-corrected chi connectivity index (χ3v) is 3.26. The molecular formula is C17H17FO2. The van der Waals surface area contributed by atoms with Crippen molar-refractivity contribution in [2.45, 2.75) is 26.1 Å². The smallest absolute Gasteiger partial charge is 0.153 e. The first-order valence-corrected chi connectivity index (χ1v) is 6.46. The molecule has 0 unspecified atom stereocenters. The van der Waals surface area contributed by atoms with E-state index in [2.05, 4.69) is 0 Å². The second kappa shape index (κ2) is 5.97. The number of aldehydes is 1. The normalized spacial score (nSPS) is 11.3. The van der Waals surface area contributed by atoms with Gasteiger partial charge in [0.15, 0.2) is 6.29 Å². The molecule has 0 saturated carbocycles. The highest BCUT2D eigenvalue weighted by Gasteiger charge is 2.22. The van der Waals surface area contributed by atoms with Crippen molar-refractivity contribution in [2.75, 3.05) is 0 Å². The van der Waals surface area contributed by atoms with Gasteiger partial charge in [-0.15, -0.1) is 0 Å². The van der Waals surface area contributed by atoms with E-state index >= 15 is 0 Å². The molecule has 2 aromatic carbocycles. The standard InChI is InChI=1S/C17H17FO2/c1-17(2,20-12-13-6-4-3-5-7-13)15-8-9-16(18)14(10-15)11-19/h3-11H,12H2,1-2H3. The molecule has 0 aliphatic heterocycles. The summed E-state index contributed by atoms with van der Waals surface area (Å²) in [5.74, 6) is -0.511. The van der Waals surface area contributed by atoms with Crippen LogP contribution >= 0.6 is 0 Å². The van der Waals surface area contributed by atoms with Gasteiger partial charge in [0.25, 0.3) is 0 Å². The molecule has 104 valence electrons. The van der Waals surface area contributed by atoms with E-state index in [1.165, 1.54) is 12.1 Å². The lowest BCUT2D eigenvalue weighted by molar-refractivity contribution is -0.0337. The molecule has 0 N–H and O–H groups in total. The number of ether oxygens (including phenoxy) is 1. The van der Waals surface area contributed by atoms with E-state index in [0.717, 1.165) is 11.1 Å². The SMILES string of the molecule is CC(C)(OCc1ccccc1)c1ccc(F)c(C=O)c1. The van der Waals surface area contributed by atoms with Crippen LogP contribution in [0.2, 0.25) is 0 Å². The molecule has 0 atom stereocenters. The number of halogens is 1. The first kappa shape index (κ1) is 14.4. The van der Waals surface area contributed by atoms with Crippen LogP contribution < -0.4 is 0 Å². The number of carbonyl (C=O) groups is 1. The predicted molar refractivity (Wildman–Crippen MR) is 76.0 cm³/mol. The van der Waals surface area contributed by atoms with E-state index in [9.17, 15) is 9.18 Å². The minimum Gasteiger partial charge on any atom is -0.366 e. The van der Waals surface area contributed by atoms with E-state index in [1.807, 2.05) is 44.2 Å². The first-order chi connectivity index (χ1) is 9.53. The Labute approximate surface area is 118 Å². The second-order valence-electron chi connectivity index (χ2n) is 5.14. The maximum Gasteiger partial charge on any atom is 0.153 e. The molecule has 0 amide bonds. The van der Waals surface area contributed by atoms with Gasteiger partial charge in [0.1, 0.15) is 5.82 Å². The minimum atomic E-state index is -0.596. The summed E-state index contributed by atoms with van der Waals surface area (Å²) in [4.78, 5) is 10.8. The lowest BCUT2D eigenvalue weighted by Gasteiger charge is -2.26. The molecule has 2 nitrogen and oxygen atoms in total. The Hall–Kier alpha value is -2.00. The van der Waals surface area contributed by atoms with Gasteiger partial charge in [-0.25, -0.2) is 4.39 Å². The van der Waals surface area contributed by atoms with Crippen LogP contribution in [0.1, 0.15) is 35.3 Å². The molecule has 0 spiro atoms. The highest BCUT2D eigenvalue weighted by molar-refractivity contribution is 5.75. The highest BCUT2D eigenvalue weighted by atomic mass is 19.1. The zero-order valence-electron chi connectivity index (χ0n) is 11.6. The molecule has 2 aromatic rings. The van der Waals surface area contributed by atoms with Gasteiger partial charge in [0.2, 0.25) is 0 Å². The van der Waals surface area contributed by atoms with Crippen molar-refractivity contribution in [3.8, 4) is 0 Å². The minimum absolute atomic E-state index is 0.0545. The van der Waals surface area contributed by atoms with E-state index in [0.29, 0.717) is 12.9 Å². The van der Waals surface area contributed by atoms with Crippen LogP contribution in [0.4, 0.5) is 4.39 Å². The number of hydrogen-bond donors (Lipinski definition) is 0. The molecule has 0 aliphatic carbocycles. The van der Waals surface area contributed by atoms with Crippen molar-refractivity contribution in [3.63, 3.8) is 0 Å². The summed E-state index contributed by atoms with van der Waals surface area (Å²) >= 11 is 0. The molecule has 0 bridgehead atoms. The van der Waals surface area contributed by atoms with E-state index in [-0.39, 0.29) is 5.56 Å². The Morgan fingerprint density at radius 1 is 1.15 bits per heavy atom. The summed E-state index contributed by atoms with van der Waals surface area (Å²) in [6.07, 6.45) is 0.520. The van der Waals surface area contributed by atoms with Gasteiger partial charge in [-0.2, -0.15) is 0 Å². The number of rotatable bonds is 5. The largest absolute Gasteiger partial charge is 0.366 e. The van der Waals surface area contributed by atoms with E-state index in [4.69, 9.17) is 4.74 Å². The molecule has 3 heteroatoms. The average Bonchev–Trinajstić information content (AvgIpc) is 2.46. The molecule has 0 aliphatic rings. The Morgan fingerprint density at radius 2 is 1.85 bits per heavy atom. The summed E-state index contributed by atoms with van der Waals surface area (Å²) in [6, 6.07) is 14.3. The fourth-order valence-corrected chi connectivity index (χ4v) is 1.93. The van der Waals surface area contributed by atoms with Crippen molar-refractivity contribution in [1.29, 1.82) is 0 Å². The fraction of sp³-hybridized carbons (Fsp3) is 0.235. The molecule has 0 fully saturated rings. The fourth-order valence-electron chi connectivity index (χ4n) is 1.93. The Kier molecular flexibility index (Phi) is 4.30. The van der Waals surface area contributed by atoms with Gasteiger partial charge in [0.05, 0.1) is 17.8 Å². The summed E-state index contributed by atoms with van der Waals surface area (Å²) in [6.45, 7) is 4.26. The zero-order valence-corrected chi connectivity index (χ0v) is 11.6. The maximum absolute atomic E-state index is 13.3. The van der Waals surface area contributed by atoms with Crippen molar-refractivity contribution < 1.29 is 13.9 Å². The molecule has 0 saturated heterocycles. The zero-order chi connectivity index (χ0) is 14.6. The molecule has 0 heterocycles. The van der Waals surface area contributed by atoms with Crippen LogP contribution in [0, 0.1) is 5.82 Å². The number of carbonyl (C=O) groups excluding carboxylic acids is 1. The first-order valence-electron chi connectivity index (χ1n) is 6.46. The third kappa shape index (κ3) is 3.31. The van der Waals surface area contributed by atoms with Gasteiger partial charge in [-0.05, 0) is 37.1 Å². The van der Waals surface area contributed by atoms with Crippen LogP contribution in [0.25, 0.3) is 0 Å².